The molecule has 3 nitrogen and oxygen atoms in total. The Hall–Kier alpha value is -0.570. The average molecular weight is 241 g/mol. The molecule has 1 rings (SSSR count). The molecule has 0 bridgehead atoms. The van der Waals surface area contributed by atoms with E-state index in [1.54, 1.807) is 0 Å². The van der Waals surface area contributed by atoms with Gasteiger partial charge in [-0.2, -0.15) is 0 Å². The zero-order chi connectivity index (χ0) is 13.1. The zero-order valence-electron chi connectivity index (χ0n) is 11.9. The summed E-state index contributed by atoms with van der Waals surface area (Å²) in [7, 11) is 1.49. The lowest BCUT2D eigenvalue weighted by atomic mass is 9.71. The van der Waals surface area contributed by atoms with Crippen LogP contribution in [-0.4, -0.2) is 24.7 Å². The first-order valence-corrected chi connectivity index (χ1v) is 6.81. The summed E-state index contributed by atoms with van der Waals surface area (Å²) in [5, 5.41) is 3.51. The van der Waals surface area contributed by atoms with Crippen LogP contribution in [0.25, 0.3) is 0 Å². The molecule has 0 amide bonds. The molecule has 1 saturated carbocycles. The second kappa shape index (κ2) is 5.85. The minimum Gasteiger partial charge on any atom is -0.468 e. The van der Waals surface area contributed by atoms with Crippen LogP contribution in [0.4, 0.5) is 0 Å². The van der Waals surface area contributed by atoms with Crippen molar-refractivity contribution in [3.8, 4) is 0 Å². The largest absolute Gasteiger partial charge is 0.468 e. The van der Waals surface area contributed by atoms with Crippen LogP contribution in [0.5, 0.6) is 0 Å². The molecule has 0 heterocycles. The second-order valence-electron chi connectivity index (χ2n) is 5.72. The first-order chi connectivity index (χ1) is 7.95. The minimum absolute atomic E-state index is 0.0865. The molecule has 17 heavy (non-hydrogen) atoms. The van der Waals surface area contributed by atoms with Crippen molar-refractivity contribution in [2.24, 2.45) is 11.8 Å². The molecule has 1 N–H and O–H groups in total. The van der Waals surface area contributed by atoms with Crippen LogP contribution in [0.15, 0.2) is 0 Å². The first kappa shape index (κ1) is 14.5. The summed E-state index contributed by atoms with van der Waals surface area (Å²) in [6, 6.07) is 0.356. The summed E-state index contributed by atoms with van der Waals surface area (Å²) in [5.41, 5.74) is -0.448. The van der Waals surface area contributed by atoms with Crippen LogP contribution >= 0.6 is 0 Å². The van der Waals surface area contributed by atoms with Crippen molar-refractivity contribution in [2.45, 2.75) is 65.0 Å². The lowest BCUT2D eigenvalue weighted by Crippen LogP contribution is -2.58. The van der Waals surface area contributed by atoms with Crippen LogP contribution in [0.2, 0.25) is 0 Å². The molecule has 0 aromatic rings. The Morgan fingerprint density at radius 1 is 1.47 bits per heavy atom. The topological polar surface area (TPSA) is 38.3 Å². The number of carbonyl (C=O) groups excluding carboxylic acids is 1. The van der Waals surface area contributed by atoms with Gasteiger partial charge in [-0.1, -0.05) is 20.8 Å². The first-order valence-electron chi connectivity index (χ1n) is 6.81. The van der Waals surface area contributed by atoms with E-state index in [1.165, 1.54) is 7.11 Å². The SMILES string of the molecule is CCC(C)NC1(C(=O)OC)CCC(C)C(C)C1. The highest BCUT2D eigenvalue weighted by Gasteiger charge is 2.45. The zero-order valence-corrected chi connectivity index (χ0v) is 11.9. The van der Waals surface area contributed by atoms with Gasteiger partial charge in [0.2, 0.25) is 0 Å². The van der Waals surface area contributed by atoms with Crippen molar-refractivity contribution in [1.82, 2.24) is 5.32 Å². The summed E-state index contributed by atoms with van der Waals surface area (Å²) in [6.07, 6.45) is 3.92. The van der Waals surface area contributed by atoms with Crippen molar-refractivity contribution in [2.75, 3.05) is 7.11 Å². The number of hydrogen-bond acceptors (Lipinski definition) is 3. The third-order valence-electron chi connectivity index (χ3n) is 4.38. The van der Waals surface area contributed by atoms with E-state index in [0.717, 1.165) is 25.7 Å². The van der Waals surface area contributed by atoms with E-state index in [-0.39, 0.29) is 5.97 Å². The molecule has 1 aliphatic carbocycles. The van der Waals surface area contributed by atoms with Gasteiger partial charge >= 0.3 is 5.97 Å². The van der Waals surface area contributed by atoms with Gasteiger partial charge in [0, 0.05) is 6.04 Å². The third-order valence-corrected chi connectivity index (χ3v) is 4.38. The summed E-state index contributed by atoms with van der Waals surface area (Å²) in [4.78, 5) is 12.1. The van der Waals surface area contributed by atoms with Crippen molar-refractivity contribution in [3.05, 3.63) is 0 Å². The molecule has 100 valence electrons. The highest BCUT2D eigenvalue weighted by molar-refractivity contribution is 5.81. The Morgan fingerprint density at radius 3 is 2.59 bits per heavy atom. The molecular formula is C14H27NO2. The average Bonchev–Trinajstić information content (AvgIpc) is 2.32. The molecule has 4 unspecified atom stereocenters. The van der Waals surface area contributed by atoms with Crippen molar-refractivity contribution >= 4 is 5.97 Å². The van der Waals surface area contributed by atoms with Crippen LogP contribution in [-0.2, 0) is 9.53 Å². The van der Waals surface area contributed by atoms with Gasteiger partial charge < -0.3 is 4.74 Å². The molecule has 0 radical (unpaired) electrons. The van der Waals surface area contributed by atoms with Gasteiger partial charge in [0.05, 0.1) is 7.11 Å². The Kier molecular flexibility index (Phi) is 4.99. The number of nitrogens with one attached hydrogen (secondary N) is 1. The van der Waals surface area contributed by atoms with E-state index in [0.29, 0.717) is 17.9 Å². The predicted molar refractivity (Wildman–Crippen MR) is 69.8 cm³/mol. The fourth-order valence-electron chi connectivity index (χ4n) is 2.76. The maximum Gasteiger partial charge on any atom is 0.326 e. The molecule has 0 aromatic heterocycles. The number of hydrogen-bond donors (Lipinski definition) is 1. The lowest BCUT2D eigenvalue weighted by Gasteiger charge is -2.42. The Labute approximate surface area is 105 Å². The van der Waals surface area contributed by atoms with Gasteiger partial charge in [0.15, 0.2) is 0 Å². The molecule has 0 aromatic carbocycles. The molecule has 0 spiro atoms. The Balaban J connectivity index is 2.83. The standard InChI is InChI=1S/C14H27NO2/c1-6-12(4)15-14(13(16)17-5)8-7-10(2)11(3)9-14/h10-12,15H,6-9H2,1-5H3. The summed E-state index contributed by atoms with van der Waals surface area (Å²) >= 11 is 0. The Bertz CT molecular complexity index is 263. The maximum atomic E-state index is 12.1. The molecule has 4 atom stereocenters. The number of esters is 1. The van der Waals surface area contributed by atoms with E-state index in [2.05, 4.69) is 33.0 Å². The summed E-state index contributed by atoms with van der Waals surface area (Å²) < 4.78 is 5.02. The van der Waals surface area contributed by atoms with E-state index in [9.17, 15) is 4.79 Å². The minimum atomic E-state index is -0.448. The molecule has 0 saturated heterocycles. The normalized spacial score (nSPS) is 35.4. The fourth-order valence-corrected chi connectivity index (χ4v) is 2.76. The molecule has 0 aliphatic heterocycles. The number of ether oxygens (including phenoxy) is 1. The molecule has 3 heteroatoms. The molecule has 1 aliphatic rings. The van der Waals surface area contributed by atoms with Crippen molar-refractivity contribution in [3.63, 3.8) is 0 Å². The van der Waals surface area contributed by atoms with Gasteiger partial charge in [-0.3, -0.25) is 10.1 Å². The van der Waals surface area contributed by atoms with Crippen LogP contribution < -0.4 is 5.32 Å². The van der Waals surface area contributed by atoms with Crippen LogP contribution in [0.3, 0.4) is 0 Å². The van der Waals surface area contributed by atoms with E-state index < -0.39 is 5.54 Å². The van der Waals surface area contributed by atoms with Crippen LogP contribution in [0.1, 0.15) is 53.4 Å². The monoisotopic (exact) mass is 241 g/mol. The van der Waals surface area contributed by atoms with E-state index in [1.807, 2.05) is 0 Å². The quantitative estimate of drug-likeness (QED) is 0.769. The van der Waals surface area contributed by atoms with E-state index in [4.69, 9.17) is 4.74 Å². The number of rotatable bonds is 4. The number of carbonyl (C=O) groups is 1. The number of methoxy groups -OCH3 is 1. The van der Waals surface area contributed by atoms with Crippen LogP contribution in [0, 0.1) is 11.8 Å². The van der Waals surface area contributed by atoms with E-state index >= 15 is 0 Å². The third kappa shape index (κ3) is 3.21. The fraction of sp³-hybridized carbons (Fsp3) is 0.929. The smallest absolute Gasteiger partial charge is 0.326 e. The highest BCUT2D eigenvalue weighted by Crippen LogP contribution is 2.37. The summed E-state index contributed by atoms with van der Waals surface area (Å²) in [5.74, 6) is 1.18. The van der Waals surface area contributed by atoms with Gasteiger partial charge in [-0.15, -0.1) is 0 Å². The Morgan fingerprint density at radius 2 is 2.12 bits per heavy atom. The maximum absolute atomic E-state index is 12.1. The second-order valence-corrected chi connectivity index (χ2v) is 5.72. The van der Waals surface area contributed by atoms with Crippen molar-refractivity contribution in [1.29, 1.82) is 0 Å². The van der Waals surface area contributed by atoms with Gasteiger partial charge in [-0.05, 0) is 44.4 Å². The van der Waals surface area contributed by atoms with Gasteiger partial charge in [0.25, 0.3) is 0 Å². The highest BCUT2D eigenvalue weighted by atomic mass is 16.5. The predicted octanol–water partition coefficient (Wildman–Crippen LogP) is 2.74. The molecular weight excluding hydrogens is 214 g/mol. The van der Waals surface area contributed by atoms with Gasteiger partial charge in [-0.25, -0.2) is 0 Å². The molecule has 1 fully saturated rings. The summed E-state index contributed by atoms with van der Waals surface area (Å²) in [6.45, 7) is 8.78. The lowest BCUT2D eigenvalue weighted by molar-refractivity contribution is -0.152. The van der Waals surface area contributed by atoms with Crippen molar-refractivity contribution < 1.29 is 9.53 Å². The van der Waals surface area contributed by atoms with Gasteiger partial charge in [0.1, 0.15) is 5.54 Å².